The molecule has 6 nitrogen and oxygen atoms in total. The number of carbonyl (C=O) groups is 1. The number of pyridine rings is 1. The Labute approximate surface area is 152 Å². The minimum Gasteiger partial charge on any atom is -0.486 e. The molecule has 0 bridgehead atoms. The Kier molecular flexibility index (Phi) is 4.44. The molecule has 2 aliphatic rings. The number of fused-ring (bicyclic) bond motifs is 1. The maximum atomic E-state index is 12.5. The van der Waals surface area contributed by atoms with E-state index in [0.717, 1.165) is 23.6 Å². The van der Waals surface area contributed by atoms with Gasteiger partial charge in [0.1, 0.15) is 18.1 Å². The fraction of sp³-hybridized carbons (Fsp3) is 0.500. The Morgan fingerprint density at radius 3 is 2.69 bits per heavy atom. The number of hydrogen-bond acceptors (Lipinski definition) is 5. The number of hydrogen-bond donors (Lipinski definition) is 1. The van der Waals surface area contributed by atoms with Crippen LogP contribution in [0.4, 0.5) is 0 Å². The highest BCUT2D eigenvalue weighted by molar-refractivity contribution is 5.94. The van der Waals surface area contributed by atoms with E-state index in [-0.39, 0.29) is 12.0 Å². The van der Waals surface area contributed by atoms with Gasteiger partial charge in [-0.2, -0.15) is 0 Å². The topological polar surface area (TPSA) is 75.8 Å². The van der Waals surface area contributed by atoms with E-state index in [1.165, 1.54) is 12.5 Å². The van der Waals surface area contributed by atoms with Gasteiger partial charge < -0.3 is 19.2 Å². The number of aliphatic hydroxyl groups excluding tert-OH is 1. The highest BCUT2D eigenvalue weighted by Crippen LogP contribution is 2.38. The van der Waals surface area contributed by atoms with Crippen LogP contribution in [0.3, 0.4) is 0 Å². The van der Waals surface area contributed by atoms with Gasteiger partial charge in [0.25, 0.3) is 5.91 Å². The summed E-state index contributed by atoms with van der Waals surface area (Å²) in [7, 11) is 0. The molecule has 2 aromatic rings. The third kappa shape index (κ3) is 3.21. The molecule has 26 heavy (non-hydrogen) atoms. The van der Waals surface area contributed by atoms with Crippen molar-refractivity contribution in [2.45, 2.75) is 38.9 Å². The second kappa shape index (κ2) is 6.76. The van der Waals surface area contributed by atoms with Crippen LogP contribution in [0.15, 0.2) is 35.1 Å². The second-order valence-corrected chi connectivity index (χ2v) is 7.47. The average Bonchev–Trinajstić information content (AvgIpc) is 3.26. The number of likely N-dealkylation sites (tertiary alicyclic amines) is 1. The van der Waals surface area contributed by atoms with Crippen molar-refractivity contribution in [2.24, 2.45) is 11.8 Å². The molecule has 2 aromatic heterocycles. The van der Waals surface area contributed by atoms with Crippen molar-refractivity contribution < 1.29 is 19.1 Å². The standard InChI is InChI=1S/C20H24N2O4/c1-12-3-4-18(13(2)21-12)26-19-8-16-10-22(9-15(16)7-17(19)23)20(24)14-5-6-25-11-14/h3-6,11,15-17,19,23H,7-10H2,1-2H3/t15-,16+,17+,19+/m0/s1. The van der Waals surface area contributed by atoms with Gasteiger partial charge >= 0.3 is 0 Å². The van der Waals surface area contributed by atoms with Gasteiger partial charge in [-0.15, -0.1) is 0 Å². The number of furan rings is 1. The van der Waals surface area contributed by atoms with Crippen molar-refractivity contribution >= 4 is 5.91 Å². The van der Waals surface area contributed by atoms with E-state index in [1.54, 1.807) is 6.07 Å². The van der Waals surface area contributed by atoms with Gasteiger partial charge in [-0.3, -0.25) is 9.78 Å². The van der Waals surface area contributed by atoms with Gasteiger partial charge in [-0.1, -0.05) is 0 Å². The van der Waals surface area contributed by atoms with Gasteiger partial charge in [-0.05, 0) is 56.7 Å². The summed E-state index contributed by atoms with van der Waals surface area (Å²) < 4.78 is 11.1. The number of nitrogens with zero attached hydrogens (tertiary/aromatic N) is 2. The summed E-state index contributed by atoms with van der Waals surface area (Å²) >= 11 is 0. The monoisotopic (exact) mass is 356 g/mol. The lowest BCUT2D eigenvalue weighted by molar-refractivity contribution is -0.0236. The van der Waals surface area contributed by atoms with Crippen molar-refractivity contribution in [1.29, 1.82) is 0 Å². The molecule has 4 rings (SSSR count). The molecule has 0 spiro atoms. The van der Waals surface area contributed by atoms with Crippen LogP contribution in [0.5, 0.6) is 5.75 Å². The molecule has 0 unspecified atom stereocenters. The van der Waals surface area contributed by atoms with Crippen molar-refractivity contribution in [1.82, 2.24) is 9.88 Å². The first-order valence-electron chi connectivity index (χ1n) is 9.11. The molecule has 138 valence electrons. The molecule has 2 fully saturated rings. The van der Waals surface area contributed by atoms with Gasteiger partial charge in [0, 0.05) is 18.8 Å². The third-order valence-electron chi connectivity index (χ3n) is 5.60. The van der Waals surface area contributed by atoms with Crippen LogP contribution in [0.25, 0.3) is 0 Å². The number of ether oxygens (including phenoxy) is 1. The summed E-state index contributed by atoms with van der Waals surface area (Å²) in [5.41, 5.74) is 2.36. The predicted octanol–water partition coefficient (Wildman–Crippen LogP) is 2.58. The Morgan fingerprint density at radius 2 is 2.00 bits per heavy atom. The summed E-state index contributed by atoms with van der Waals surface area (Å²) in [6, 6.07) is 5.53. The van der Waals surface area contributed by atoms with E-state index in [2.05, 4.69) is 4.98 Å². The highest BCUT2D eigenvalue weighted by atomic mass is 16.5. The first-order chi connectivity index (χ1) is 12.5. The fourth-order valence-electron chi connectivity index (χ4n) is 4.21. The first-order valence-corrected chi connectivity index (χ1v) is 9.11. The number of carbonyl (C=O) groups excluding carboxylic acids is 1. The molecule has 1 aliphatic heterocycles. The van der Waals surface area contributed by atoms with E-state index >= 15 is 0 Å². The Bertz CT molecular complexity index is 789. The Morgan fingerprint density at radius 1 is 1.23 bits per heavy atom. The van der Waals surface area contributed by atoms with E-state index in [9.17, 15) is 9.90 Å². The molecule has 1 saturated heterocycles. The molecule has 1 saturated carbocycles. The molecule has 1 amide bonds. The van der Waals surface area contributed by atoms with Crippen molar-refractivity contribution in [3.05, 3.63) is 47.7 Å². The van der Waals surface area contributed by atoms with Crippen LogP contribution in [-0.4, -0.2) is 46.2 Å². The maximum absolute atomic E-state index is 12.5. The van der Waals surface area contributed by atoms with E-state index < -0.39 is 6.10 Å². The number of aryl methyl sites for hydroxylation is 2. The quantitative estimate of drug-likeness (QED) is 0.915. The second-order valence-electron chi connectivity index (χ2n) is 7.47. The third-order valence-corrected chi connectivity index (χ3v) is 5.60. The Hall–Kier alpha value is -2.34. The minimum absolute atomic E-state index is 0.00122. The lowest BCUT2D eigenvalue weighted by Crippen LogP contribution is -2.42. The van der Waals surface area contributed by atoms with Gasteiger partial charge in [0.15, 0.2) is 0 Å². The number of amides is 1. The van der Waals surface area contributed by atoms with Crippen molar-refractivity contribution in [3.8, 4) is 5.75 Å². The lowest BCUT2D eigenvalue weighted by Gasteiger charge is -2.35. The molecular formula is C20H24N2O4. The number of rotatable bonds is 3. The summed E-state index contributed by atoms with van der Waals surface area (Å²) in [6.45, 7) is 5.25. The predicted molar refractivity (Wildman–Crippen MR) is 95.0 cm³/mol. The van der Waals surface area contributed by atoms with Crippen molar-refractivity contribution in [3.63, 3.8) is 0 Å². The van der Waals surface area contributed by atoms with Crippen LogP contribution in [0.1, 0.15) is 34.6 Å². The molecule has 1 N–H and O–H groups in total. The fourth-order valence-corrected chi connectivity index (χ4v) is 4.21. The minimum atomic E-state index is -0.527. The van der Waals surface area contributed by atoms with Crippen LogP contribution >= 0.6 is 0 Å². The average molecular weight is 356 g/mol. The lowest BCUT2D eigenvalue weighted by atomic mass is 9.78. The van der Waals surface area contributed by atoms with E-state index in [4.69, 9.17) is 9.15 Å². The van der Waals surface area contributed by atoms with Crippen LogP contribution in [0.2, 0.25) is 0 Å². The van der Waals surface area contributed by atoms with Gasteiger partial charge in [0.2, 0.25) is 0 Å². The Balaban J connectivity index is 1.43. The summed E-state index contributed by atoms with van der Waals surface area (Å²) in [5.74, 6) is 1.39. The number of aliphatic hydroxyl groups is 1. The molecule has 0 aromatic carbocycles. The van der Waals surface area contributed by atoms with Gasteiger partial charge in [-0.25, -0.2) is 0 Å². The molecule has 1 aliphatic carbocycles. The smallest absolute Gasteiger partial charge is 0.257 e. The molecule has 0 radical (unpaired) electrons. The summed E-state index contributed by atoms with van der Waals surface area (Å²) in [6.07, 6.45) is 3.61. The van der Waals surface area contributed by atoms with Crippen LogP contribution < -0.4 is 4.74 Å². The van der Waals surface area contributed by atoms with Crippen LogP contribution in [-0.2, 0) is 0 Å². The van der Waals surface area contributed by atoms with E-state index in [1.807, 2.05) is 30.9 Å². The highest BCUT2D eigenvalue weighted by Gasteiger charge is 2.44. The maximum Gasteiger partial charge on any atom is 0.257 e. The SMILES string of the molecule is Cc1ccc(O[C@@H]2C[C@@H]3CN(C(=O)c4ccoc4)C[C@@H]3C[C@H]2O)c(C)n1. The zero-order chi connectivity index (χ0) is 18.3. The van der Waals surface area contributed by atoms with Crippen LogP contribution in [0, 0.1) is 25.7 Å². The summed E-state index contributed by atoms with van der Waals surface area (Å²) in [5, 5.41) is 10.6. The molecule has 3 heterocycles. The molecule has 4 atom stereocenters. The number of aromatic nitrogens is 1. The van der Waals surface area contributed by atoms with Crippen molar-refractivity contribution in [2.75, 3.05) is 13.1 Å². The zero-order valence-electron chi connectivity index (χ0n) is 15.1. The normalized spacial score (nSPS) is 28.0. The zero-order valence-corrected chi connectivity index (χ0v) is 15.1. The molecule has 6 heteroatoms. The van der Waals surface area contributed by atoms with E-state index in [0.29, 0.717) is 36.9 Å². The largest absolute Gasteiger partial charge is 0.486 e. The van der Waals surface area contributed by atoms with Gasteiger partial charge in [0.05, 0.1) is 23.6 Å². The first kappa shape index (κ1) is 17.1. The molecular weight excluding hydrogens is 332 g/mol. The summed E-state index contributed by atoms with van der Waals surface area (Å²) in [4.78, 5) is 18.8.